The van der Waals surface area contributed by atoms with E-state index in [9.17, 15) is 4.79 Å². The van der Waals surface area contributed by atoms with Gasteiger partial charge in [0.05, 0.1) is 5.02 Å². The van der Waals surface area contributed by atoms with E-state index in [1.807, 2.05) is 19.1 Å². The van der Waals surface area contributed by atoms with Crippen LogP contribution < -0.4 is 20.5 Å². The van der Waals surface area contributed by atoms with Crippen molar-refractivity contribution in [2.75, 3.05) is 19.8 Å². The molecule has 1 aliphatic rings. The molecule has 2 rings (SSSR count). The average Bonchev–Trinajstić information content (AvgIpc) is 2.45. The van der Waals surface area contributed by atoms with Crippen LogP contribution >= 0.6 is 24.0 Å². The van der Waals surface area contributed by atoms with Crippen LogP contribution in [0.3, 0.4) is 0 Å². The summed E-state index contributed by atoms with van der Waals surface area (Å²) in [4.78, 5) is 11.6. The molecule has 1 unspecified atom stereocenters. The fourth-order valence-corrected chi connectivity index (χ4v) is 2.39. The van der Waals surface area contributed by atoms with Crippen molar-refractivity contribution in [1.82, 2.24) is 5.32 Å². The molecule has 0 saturated heterocycles. The molecule has 0 bridgehead atoms. The Balaban J connectivity index is 0.00000242. The van der Waals surface area contributed by atoms with Crippen LogP contribution in [-0.4, -0.2) is 31.7 Å². The lowest BCUT2D eigenvalue weighted by molar-refractivity contribution is -0.121. The molecule has 3 N–H and O–H groups in total. The third-order valence-electron chi connectivity index (χ3n) is 3.22. The van der Waals surface area contributed by atoms with Gasteiger partial charge in [0.2, 0.25) is 5.91 Å². The van der Waals surface area contributed by atoms with Crippen molar-refractivity contribution in [3.8, 4) is 11.5 Å². The average molecular weight is 349 g/mol. The summed E-state index contributed by atoms with van der Waals surface area (Å²) in [6.07, 6.45) is 1.85. The number of nitrogens with one attached hydrogen (secondary N) is 1. The Labute approximate surface area is 141 Å². The first-order chi connectivity index (χ1) is 10.1. The van der Waals surface area contributed by atoms with Crippen LogP contribution in [-0.2, 0) is 11.2 Å². The maximum Gasteiger partial charge on any atom is 0.220 e. The highest BCUT2D eigenvalue weighted by molar-refractivity contribution is 6.32. The molecule has 0 radical (unpaired) electrons. The van der Waals surface area contributed by atoms with Crippen LogP contribution in [0.5, 0.6) is 11.5 Å². The zero-order chi connectivity index (χ0) is 15.2. The Hall–Kier alpha value is -1.17. The molecule has 1 aromatic rings. The number of benzene rings is 1. The number of hydrogen-bond acceptors (Lipinski definition) is 4. The summed E-state index contributed by atoms with van der Waals surface area (Å²) in [6, 6.07) is 3.81. The minimum Gasteiger partial charge on any atom is -0.486 e. The number of hydrogen-bond donors (Lipinski definition) is 2. The monoisotopic (exact) mass is 348 g/mol. The Kier molecular flexibility index (Phi) is 7.79. The Bertz CT molecular complexity index is 510. The van der Waals surface area contributed by atoms with Gasteiger partial charge in [-0.15, -0.1) is 12.4 Å². The molecule has 1 aromatic carbocycles. The number of rotatable bonds is 6. The van der Waals surface area contributed by atoms with Crippen molar-refractivity contribution in [1.29, 1.82) is 0 Å². The quantitative estimate of drug-likeness (QED) is 0.827. The number of fused-ring (bicyclic) bond motifs is 1. The second kappa shape index (κ2) is 9.08. The fourth-order valence-electron chi connectivity index (χ4n) is 2.10. The summed E-state index contributed by atoms with van der Waals surface area (Å²) in [5, 5.41) is 3.42. The molecule has 0 aliphatic carbocycles. The van der Waals surface area contributed by atoms with Gasteiger partial charge in [0.25, 0.3) is 0 Å². The van der Waals surface area contributed by atoms with E-state index in [1.165, 1.54) is 0 Å². The highest BCUT2D eigenvalue weighted by Gasteiger charge is 2.16. The van der Waals surface area contributed by atoms with E-state index in [4.69, 9.17) is 26.8 Å². The first-order valence-electron chi connectivity index (χ1n) is 7.16. The van der Waals surface area contributed by atoms with Crippen molar-refractivity contribution in [2.45, 2.75) is 32.2 Å². The molecule has 5 nitrogen and oxygen atoms in total. The lowest BCUT2D eigenvalue weighted by Crippen LogP contribution is -2.27. The van der Waals surface area contributed by atoms with Crippen molar-refractivity contribution in [2.24, 2.45) is 5.73 Å². The first kappa shape index (κ1) is 18.9. The van der Waals surface area contributed by atoms with Gasteiger partial charge in [-0.3, -0.25) is 4.79 Å². The minimum atomic E-state index is 0. The van der Waals surface area contributed by atoms with E-state index in [2.05, 4.69) is 5.32 Å². The number of carbonyl (C=O) groups excluding carboxylic acids is 1. The zero-order valence-electron chi connectivity index (χ0n) is 12.6. The molecule has 0 aromatic heterocycles. The van der Waals surface area contributed by atoms with Crippen LogP contribution in [0, 0.1) is 0 Å². The van der Waals surface area contributed by atoms with Crippen LogP contribution in [0.1, 0.15) is 25.3 Å². The van der Waals surface area contributed by atoms with Gasteiger partial charge in [0.15, 0.2) is 11.5 Å². The predicted molar refractivity (Wildman–Crippen MR) is 89.3 cm³/mol. The second-order valence-electron chi connectivity index (χ2n) is 5.22. The van der Waals surface area contributed by atoms with Gasteiger partial charge < -0.3 is 20.5 Å². The Morgan fingerprint density at radius 2 is 2.14 bits per heavy atom. The summed E-state index contributed by atoms with van der Waals surface area (Å²) in [5.41, 5.74) is 6.63. The van der Waals surface area contributed by atoms with Gasteiger partial charge in [-0.1, -0.05) is 11.6 Å². The van der Waals surface area contributed by atoms with Gasteiger partial charge in [0.1, 0.15) is 13.2 Å². The highest BCUT2D eigenvalue weighted by atomic mass is 35.5. The topological polar surface area (TPSA) is 73.6 Å². The van der Waals surface area contributed by atoms with E-state index in [0.717, 1.165) is 5.56 Å². The van der Waals surface area contributed by atoms with Crippen molar-refractivity contribution in [3.05, 3.63) is 22.7 Å². The summed E-state index contributed by atoms with van der Waals surface area (Å²) in [7, 11) is 0. The number of nitrogens with two attached hydrogens (primary N) is 1. The molecular weight excluding hydrogens is 327 g/mol. The zero-order valence-corrected chi connectivity index (χ0v) is 14.1. The number of halogens is 2. The van der Waals surface area contributed by atoms with Gasteiger partial charge in [-0.05, 0) is 37.5 Å². The maximum absolute atomic E-state index is 11.6. The van der Waals surface area contributed by atoms with E-state index < -0.39 is 0 Å². The first-order valence-corrected chi connectivity index (χ1v) is 7.54. The number of carbonyl (C=O) groups is 1. The smallest absolute Gasteiger partial charge is 0.220 e. The van der Waals surface area contributed by atoms with E-state index in [1.54, 1.807) is 0 Å². The van der Waals surface area contributed by atoms with Gasteiger partial charge in [-0.2, -0.15) is 0 Å². The maximum atomic E-state index is 11.6. The van der Waals surface area contributed by atoms with Crippen molar-refractivity contribution in [3.63, 3.8) is 0 Å². The molecule has 124 valence electrons. The molecule has 7 heteroatoms. The summed E-state index contributed by atoms with van der Waals surface area (Å²) >= 11 is 6.17. The Morgan fingerprint density at radius 1 is 1.41 bits per heavy atom. The largest absolute Gasteiger partial charge is 0.486 e. The van der Waals surface area contributed by atoms with Gasteiger partial charge in [0, 0.05) is 19.0 Å². The third-order valence-corrected chi connectivity index (χ3v) is 3.50. The minimum absolute atomic E-state index is 0. The van der Waals surface area contributed by atoms with Gasteiger partial charge in [-0.25, -0.2) is 0 Å². The van der Waals surface area contributed by atoms with Crippen LogP contribution in [0.25, 0.3) is 0 Å². The van der Waals surface area contributed by atoms with E-state index >= 15 is 0 Å². The molecule has 22 heavy (non-hydrogen) atoms. The molecular formula is C15H22Cl2N2O3. The van der Waals surface area contributed by atoms with E-state index in [-0.39, 0.29) is 24.4 Å². The number of amides is 1. The van der Waals surface area contributed by atoms with Gasteiger partial charge >= 0.3 is 0 Å². The molecule has 1 aliphatic heterocycles. The number of ether oxygens (including phenoxy) is 2. The molecule has 0 spiro atoms. The summed E-state index contributed by atoms with van der Waals surface area (Å²) < 4.78 is 11.0. The normalized spacial score (nSPS) is 14.0. The fraction of sp³-hybridized carbons (Fsp3) is 0.533. The molecule has 0 fully saturated rings. The lowest BCUT2D eigenvalue weighted by atomic mass is 10.1. The third kappa shape index (κ3) is 5.55. The SMILES string of the molecule is CC(N)CCC(=O)NCCc1cc(Cl)c2c(c1)OCCO2.Cl. The van der Waals surface area contributed by atoms with Crippen molar-refractivity contribution < 1.29 is 14.3 Å². The van der Waals surface area contributed by atoms with Crippen LogP contribution in [0.2, 0.25) is 5.02 Å². The van der Waals surface area contributed by atoms with E-state index in [0.29, 0.717) is 55.5 Å². The second-order valence-corrected chi connectivity index (χ2v) is 5.62. The standard InChI is InChI=1S/C15H21ClN2O3.ClH/c1-10(17)2-3-14(19)18-5-4-11-8-12(16)15-13(9-11)20-6-7-21-15;/h8-10H,2-7,17H2,1H3,(H,18,19);1H. The molecule has 1 amide bonds. The van der Waals surface area contributed by atoms with Crippen LogP contribution in [0.15, 0.2) is 12.1 Å². The molecule has 1 atom stereocenters. The lowest BCUT2D eigenvalue weighted by Gasteiger charge is -2.20. The molecule has 1 heterocycles. The van der Waals surface area contributed by atoms with Crippen LogP contribution in [0.4, 0.5) is 0 Å². The Morgan fingerprint density at radius 3 is 2.86 bits per heavy atom. The predicted octanol–water partition coefficient (Wildman–Crippen LogP) is 2.32. The summed E-state index contributed by atoms with van der Waals surface area (Å²) in [6.45, 7) is 3.50. The highest BCUT2D eigenvalue weighted by Crippen LogP contribution is 2.38. The molecule has 0 saturated carbocycles. The van der Waals surface area contributed by atoms with Crippen molar-refractivity contribution >= 4 is 29.9 Å². The summed E-state index contributed by atoms with van der Waals surface area (Å²) in [5.74, 6) is 1.30.